The van der Waals surface area contributed by atoms with E-state index in [1.807, 2.05) is 13.0 Å². The molecule has 0 N–H and O–H groups in total. The van der Waals surface area contributed by atoms with Crippen molar-refractivity contribution in [3.63, 3.8) is 0 Å². The van der Waals surface area contributed by atoms with Crippen LogP contribution in [0.4, 0.5) is 4.39 Å². The summed E-state index contributed by atoms with van der Waals surface area (Å²) in [6.07, 6.45) is 0. The van der Waals surface area contributed by atoms with Crippen molar-refractivity contribution in [2.75, 3.05) is 6.54 Å². The summed E-state index contributed by atoms with van der Waals surface area (Å²) in [4.78, 5) is 15.0. The van der Waals surface area contributed by atoms with Crippen LogP contribution in [-0.4, -0.2) is 17.4 Å². The van der Waals surface area contributed by atoms with Crippen LogP contribution in [0.5, 0.6) is 0 Å². The lowest BCUT2D eigenvalue weighted by Crippen LogP contribution is -2.30. The smallest absolute Gasteiger partial charge is 0.254 e. The average Bonchev–Trinajstić information content (AvgIpc) is 2.84. The summed E-state index contributed by atoms with van der Waals surface area (Å²) in [6, 6.07) is 8.10. The van der Waals surface area contributed by atoms with E-state index >= 15 is 0 Å². The van der Waals surface area contributed by atoms with Gasteiger partial charge in [0.1, 0.15) is 5.82 Å². The lowest BCUT2D eigenvalue weighted by Gasteiger charge is -2.20. The van der Waals surface area contributed by atoms with Gasteiger partial charge in [0.25, 0.3) is 5.91 Å². The highest BCUT2D eigenvalue weighted by Crippen LogP contribution is 2.24. The molecule has 1 amide bonds. The first-order chi connectivity index (χ1) is 9.51. The van der Waals surface area contributed by atoms with E-state index in [2.05, 4.69) is 15.9 Å². The van der Waals surface area contributed by atoms with E-state index in [0.29, 0.717) is 27.5 Å². The van der Waals surface area contributed by atoms with Gasteiger partial charge in [0, 0.05) is 17.0 Å². The Bertz CT molecular complexity index is 631. The lowest BCUT2D eigenvalue weighted by atomic mass is 10.2. The van der Waals surface area contributed by atoms with Gasteiger partial charge < -0.3 is 4.90 Å². The molecule has 0 aliphatic carbocycles. The van der Waals surface area contributed by atoms with Crippen molar-refractivity contribution in [1.82, 2.24) is 4.90 Å². The van der Waals surface area contributed by atoms with Gasteiger partial charge in [-0.15, -0.1) is 11.3 Å². The molecule has 2 nitrogen and oxygen atoms in total. The van der Waals surface area contributed by atoms with Crippen LogP contribution in [-0.2, 0) is 6.54 Å². The normalized spacial score (nSPS) is 10.6. The second-order valence-corrected chi connectivity index (χ2v) is 6.81. The van der Waals surface area contributed by atoms with Crippen molar-refractivity contribution in [1.29, 1.82) is 0 Å². The number of hydrogen-bond donors (Lipinski definition) is 0. The van der Waals surface area contributed by atoms with E-state index in [1.54, 1.807) is 23.1 Å². The largest absolute Gasteiger partial charge is 0.334 e. The van der Waals surface area contributed by atoms with E-state index in [9.17, 15) is 9.18 Å². The minimum absolute atomic E-state index is 0.191. The summed E-state index contributed by atoms with van der Waals surface area (Å²) in [5, 5.41) is 0. The number of halogens is 3. The third-order valence-electron chi connectivity index (χ3n) is 2.81. The quantitative estimate of drug-likeness (QED) is 0.738. The van der Waals surface area contributed by atoms with E-state index in [1.165, 1.54) is 17.4 Å². The fourth-order valence-electron chi connectivity index (χ4n) is 1.76. The molecular weight excluding hydrogens is 365 g/mol. The standard InChI is InChI=1S/C14H12BrClFNOS/c1-2-18(8-10-4-6-13(16)20-10)14(19)9-3-5-11(15)12(17)7-9/h3-7H,2,8H2,1H3. The zero-order valence-electron chi connectivity index (χ0n) is 10.7. The van der Waals surface area contributed by atoms with Crippen molar-refractivity contribution in [3.8, 4) is 0 Å². The number of nitrogens with zero attached hydrogens (tertiary/aromatic N) is 1. The number of thiophene rings is 1. The second-order valence-electron chi connectivity index (χ2n) is 4.15. The maximum atomic E-state index is 13.5. The molecule has 0 radical (unpaired) electrons. The van der Waals surface area contributed by atoms with E-state index in [0.717, 1.165) is 4.88 Å². The SMILES string of the molecule is CCN(Cc1ccc(Cl)s1)C(=O)c1ccc(Br)c(F)c1. The molecule has 6 heteroatoms. The van der Waals surface area contributed by atoms with Crippen LogP contribution < -0.4 is 0 Å². The zero-order chi connectivity index (χ0) is 14.7. The third kappa shape index (κ3) is 3.59. The van der Waals surface area contributed by atoms with Crippen molar-refractivity contribution < 1.29 is 9.18 Å². The Morgan fingerprint density at radius 3 is 2.70 bits per heavy atom. The Morgan fingerprint density at radius 2 is 2.15 bits per heavy atom. The van der Waals surface area contributed by atoms with E-state index in [-0.39, 0.29) is 5.91 Å². The molecule has 0 unspecified atom stereocenters. The summed E-state index contributed by atoms with van der Waals surface area (Å²) in [5.41, 5.74) is 0.343. The molecule has 0 aliphatic rings. The van der Waals surface area contributed by atoms with Gasteiger partial charge in [-0.3, -0.25) is 4.79 Å². The molecule has 20 heavy (non-hydrogen) atoms. The summed E-state index contributed by atoms with van der Waals surface area (Å²) in [6.45, 7) is 2.92. The van der Waals surface area contributed by atoms with Gasteiger partial charge in [-0.05, 0) is 53.2 Å². The van der Waals surface area contributed by atoms with Gasteiger partial charge in [0.15, 0.2) is 0 Å². The van der Waals surface area contributed by atoms with Crippen molar-refractivity contribution >= 4 is 44.8 Å². The monoisotopic (exact) mass is 375 g/mol. The Kier molecular flexibility index (Phi) is 5.18. The minimum atomic E-state index is -0.439. The molecule has 1 heterocycles. The lowest BCUT2D eigenvalue weighted by molar-refractivity contribution is 0.0753. The predicted molar refractivity (Wildman–Crippen MR) is 83.8 cm³/mol. The molecule has 0 aliphatic heterocycles. The summed E-state index contributed by atoms with van der Waals surface area (Å²) >= 11 is 10.4. The van der Waals surface area contributed by atoms with Crippen LogP contribution in [0, 0.1) is 5.82 Å². The molecule has 0 saturated heterocycles. The average molecular weight is 377 g/mol. The number of benzene rings is 1. The summed E-state index contributed by atoms with van der Waals surface area (Å²) in [5.74, 6) is -0.630. The fraction of sp³-hybridized carbons (Fsp3) is 0.214. The second kappa shape index (κ2) is 6.70. The molecule has 1 aromatic heterocycles. The van der Waals surface area contributed by atoms with Gasteiger partial charge >= 0.3 is 0 Å². The Balaban J connectivity index is 2.18. The molecule has 0 atom stereocenters. The molecule has 2 aromatic rings. The topological polar surface area (TPSA) is 20.3 Å². The van der Waals surface area contributed by atoms with Gasteiger partial charge in [0.05, 0.1) is 15.4 Å². The Hall–Kier alpha value is -0.910. The van der Waals surface area contributed by atoms with Crippen molar-refractivity contribution in [2.45, 2.75) is 13.5 Å². The molecule has 0 saturated carbocycles. The number of amides is 1. The summed E-state index contributed by atoms with van der Waals surface area (Å²) < 4.78 is 14.5. The Morgan fingerprint density at radius 1 is 1.40 bits per heavy atom. The van der Waals surface area contributed by atoms with Gasteiger partial charge in [-0.25, -0.2) is 4.39 Å². The first kappa shape index (κ1) is 15.5. The van der Waals surface area contributed by atoms with Gasteiger partial charge in [0.2, 0.25) is 0 Å². The van der Waals surface area contributed by atoms with Crippen LogP contribution in [0.25, 0.3) is 0 Å². The molecule has 0 spiro atoms. The molecule has 2 rings (SSSR count). The summed E-state index contributed by atoms with van der Waals surface area (Å²) in [7, 11) is 0. The van der Waals surface area contributed by atoms with Gasteiger partial charge in [-0.1, -0.05) is 11.6 Å². The fourth-order valence-corrected chi connectivity index (χ4v) is 3.11. The van der Waals surface area contributed by atoms with Crippen molar-refractivity contribution in [3.05, 3.63) is 55.4 Å². The maximum absolute atomic E-state index is 13.5. The molecular formula is C14H12BrClFNOS. The van der Waals surface area contributed by atoms with Crippen LogP contribution in [0.15, 0.2) is 34.8 Å². The van der Waals surface area contributed by atoms with Crippen LogP contribution in [0.1, 0.15) is 22.2 Å². The zero-order valence-corrected chi connectivity index (χ0v) is 13.9. The molecule has 106 valence electrons. The predicted octanol–water partition coefficient (Wildman–Crippen LogP) is 4.97. The highest BCUT2D eigenvalue weighted by molar-refractivity contribution is 9.10. The van der Waals surface area contributed by atoms with Crippen molar-refractivity contribution in [2.24, 2.45) is 0 Å². The van der Waals surface area contributed by atoms with Crippen LogP contribution in [0.3, 0.4) is 0 Å². The highest BCUT2D eigenvalue weighted by atomic mass is 79.9. The number of hydrogen-bond acceptors (Lipinski definition) is 2. The molecule has 1 aromatic carbocycles. The minimum Gasteiger partial charge on any atom is -0.334 e. The van der Waals surface area contributed by atoms with Crippen LogP contribution in [0.2, 0.25) is 4.34 Å². The van der Waals surface area contributed by atoms with E-state index < -0.39 is 5.82 Å². The maximum Gasteiger partial charge on any atom is 0.254 e. The number of carbonyl (C=O) groups excluding carboxylic acids is 1. The first-order valence-electron chi connectivity index (χ1n) is 5.99. The van der Waals surface area contributed by atoms with E-state index in [4.69, 9.17) is 11.6 Å². The van der Waals surface area contributed by atoms with Gasteiger partial charge in [-0.2, -0.15) is 0 Å². The molecule has 0 fully saturated rings. The number of rotatable bonds is 4. The first-order valence-corrected chi connectivity index (χ1v) is 7.98. The van der Waals surface area contributed by atoms with Crippen LogP contribution >= 0.6 is 38.9 Å². The molecule has 0 bridgehead atoms. The number of carbonyl (C=O) groups is 1. The third-order valence-corrected chi connectivity index (χ3v) is 4.67. The Labute approximate surface area is 134 Å². The highest BCUT2D eigenvalue weighted by Gasteiger charge is 2.16.